The number of benzene rings is 1. The van der Waals surface area contributed by atoms with Crippen LogP contribution in [0, 0.1) is 3.57 Å². The molecule has 0 atom stereocenters. The smallest absolute Gasteiger partial charge is 0.0258 e. The van der Waals surface area contributed by atoms with E-state index in [9.17, 15) is 0 Å². The fourth-order valence-corrected chi connectivity index (χ4v) is 1.77. The average molecular weight is 321 g/mol. The van der Waals surface area contributed by atoms with Gasteiger partial charge in [-0.15, -0.1) is 11.6 Å². The third-order valence-corrected chi connectivity index (χ3v) is 2.94. The maximum atomic E-state index is 5.62. The maximum absolute atomic E-state index is 5.62. The van der Waals surface area contributed by atoms with Crippen LogP contribution in [0.4, 0.5) is 0 Å². The van der Waals surface area contributed by atoms with Gasteiger partial charge in [-0.2, -0.15) is 0 Å². The molecule has 0 N–H and O–H groups in total. The summed E-state index contributed by atoms with van der Waals surface area (Å²) < 4.78 is 1.29. The molecule has 0 amide bonds. The van der Waals surface area contributed by atoms with Crippen molar-refractivity contribution >= 4 is 34.2 Å². The number of hydrogen-bond acceptors (Lipinski definition) is 0. The lowest BCUT2D eigenvalue weighted by atomic mass is 10.1. The number of hydrogen-bond donors (Lipinski definition) is 0. The van der Waals surface area contributed by atoms with Crippen molar-refractivity contribution < 1.29 is 0 Å². The van der Waals surface area contributed by atoms with Crippen molar-refractivity contribution in [1.82, 2.24) is 0 Å². The Labute approximate surface area is 104 Å². The summed E-state index contributed by atoms with van der Waals surface area (Å²) in [5.74, 6) is 0.712. The zero-order valence-corrected chi connectivity index (χ0v) is 11.2. The molecule has 14 heavy (non-hydrogen) atoms. The summed E-state index contributed by atoms with van der Waals surface area (Å²) in [6, 6.07) is 8.65. The normalized spacial score (nSPS) is 11.8. The van der Waals surface area contributed by atoms with E-state index in [2.05, 4.69) is 59.9 Å². The van der Waals surface area contributed by atoms with Crippen LogP contribution in [0.15, 0.2) is 35.9 Å². The van der Waals surface area contributed by atoms with Gasteiger partial charge in [-0.1, -0.05) is 23.8 Å². The monoisotopic (exact) mass is 320 g/mol. The molecule has 0 unspecified atom stereocenters. The van der Waals surface area contributed by atoms with Crippen LogP contribution >= 0.6 is 34.2 Å². The van der Waals surface area contributed by atoms with Gasteiger partial charge < -0.3 is 0 Å². The summed E-state index contributed by atoms with van der Waals surface area (Å²) in [5, 5.41) is 0. The quantitative estimate of drug-likeness (QED) is 0.438. The molecule has 1 aromatic rings. The van der Waals surface area contributed by atoms with Gasteiger partial charge in [-0.3, -0.25) is 0 Å². The van der Waals surface area contributed by atoms with Crippen LogP contribution in [0.5, 0.6) is 0 Å². The third kappa shape index (κ3) is 4.47. The fraction of sp³-hybridized carbons (Fsp3) is 0.333. The Kier molecular flexibility index (Phi) is 5.56. The second-order valence-electron chi connectivity index (χ2n) is 3.33. The predicted molar refractivity (Wildman–Crippen MR) is 72.0 cm³/mol. The minimum atomic E-state index is 0.712. The molecule has 1 rings (SSSR count). The molecule has 0 aliphatic rings. The van der Waals surface area contributed by atoms with Crippen molar-refractivity contribution in [2.75, 3.05) is 5.88 Å². The fourth-order valence-electron chi connectivity index (χ4n) is 1.30. The van der Waals surface area contributed by atoms with Gasteiger partial charge in [0.25, 0.3) is 0 Å². The van der Waals surface area contributed by atoms with E-state index in [1.165, 1.54) is 14.7 Å². The SMILES string of the molecule is CC(=CCCCl)Cc1ccc(I)cc1. The van der Waals surface area contributed by atoms with Crippen molar-refractivity contribution in [2.24, 2.45) is 0 Å². The molecular formula is C12H14ClI. The van der Waals surface area contributed by atoms with Crippen LogP contribution in [0.2, 0.25) is 0 Å². The van der Waals surface area contributed by atoms with Crippen LogP contribution in [-0.4, -0.2) is 5.88 Å². The van der Waals surface area contributed by atoms with Crippen LogP contribution in [0.25, 0.3) is 0 Å². The predicted octanol–water partition coefficient (Wildman–Crippen LogP) is 4.41. The van der Waals surface area contributed by atoms with E-state index in [1.54, 1.807) is 0 Å². The van der Waals surface area contributed by atoms with Gasteiger partial charge >= 0.3 is 0 Å². The first kappa shape index (κ1) is 12.1. The van der Waals surface area contributed by atoms with E-state index in [-0.39, 0.29) is 0 Å². The highest BCUT2D eigenvalue weighted by Gasteiger charge is 1.94. The van der Waals surface area contributed by atoms with E-state index >= 15 is 0 Å². The number of rotatable bonds is 4. The van der Waals surface area contributed by atoms with Gasteiger partial charge in [0.2, 0.25) is 0 Å². The van der Waals surface area contributed by atoms with Crippen LogP contribution in [0.1, 0.15) is 18.9 Å². The minimum absolute atomic E-state index is 0.712. The summed E-state index contributed by atoms with van der Waals surface area (Å²) in [4.78, 5) is 0. The van der Waals surface area contributed by atoms with E-state index in [0.717, 1.165) is 12.8 Å². The van der Waals surface area contributed by atoms with Gasteiger partial charge in [0.1, 0.15) is 0 Å². The first-order valence-electron chi connectivity index (χ1n) is 4.68. The lowest BCUT2D eigenvalue weighted by molar-refractivity contribution is 1.09. The van der Waals surface area contributed by atoms with Crippen LogP contribution < -0.4 is 0 Å². The van der Waals surface area contributed by atoms with Gasteiger partial charge in [-0.25, -0.2) is 0 Å². The Bertz CT molecular complexity index is 301. The van der Waals surface area contributed by atoms with Crippen molar-refractivity contribution in [3.63, 3.8) is 0 Å². The Balaban J connectivity index is 2.56. The summed E-state index contributed by atoms with van der Waals surface area (Å²) in [7, 11) is 0. The van der Waals surface area contributed by atoms with Crippen molar-refractivity contribution in [3.05, 3.63) is 45.0 Å². The second-order valence-corrected chi connectivity index (χ2v) is 4.95. The van der Waals surface area contributed by atoms with E-state index in [1.807, 2.05) is 0 Å². The molecule has 2 heteroatoms. The average Bonchev–Trinajstić information content (AvgIpc) is 2.18. The molecule has 0 saturated heterocycles. The van der Waals surface area contributed by atoms with Crippen LogP contribution in [0.3, 0.4) is 0 Å². The Morgan fingerprint density at radius 2 is 2.00 bits per heavy atom. The van der Waals surface area contributed by atoms with Gasteiger partial charge in [0, 0.05) is 9.45 Å². The Morgan fingerprint density at radius 3 is 2.57 bits per heavy atom. The van der Waals surface area contributed by atoms with Crippen molar-refractivity contribution in [1.29, 1.82) is 0 Å². The van der Waals surface area contributed by atoms with Gasteiger partial charge in [-0.05, 0) is 60.1 Å². The Morgan fingerprint density at radius 1 is 1.36 bits per heavy atom. The molecule has 0 aliphatic carbocycles. The zero-order chi connectivity index (χ0) is 10.4. The van der Waals surface area contributed by atoms with Crippen molar-refractivity contribution in [3.8, 4) is 0 Å². The molecule has 0 aromatic heterocycles. The van der Waals surface area contributed by atoms with Crippen molar-refractivity contribution in [2.45, 2.75) is 19.8 Å². The van der Waals surface area contributed by atoms with Gasteiger partial charge in [0.15, 0.2) is 0 Å². The molecule has 76 valence electrons. The number of allylic oxidation sites excluding steroid dienone is 2. The molecule has 0 nitrogen and oxygen atoms in total. The second kappa shape index (κ2) is 6.46. The first-order valence-corrected chi connectivity index (χ1v) is 6.29. The first-order chi connectivity index (χ1) is 6.72. The molecule has 0 spiro atoms. The largest absolute Gasteiger partial charge is 0.126 e. The van der Waals surface area contributed by atoms with Crippen LogP contribution in [-0.2, 0) is 6.42 Å². The highest BCUT2D eigenvalue weighted by atomic mass is 127. The molecular weight excluding hydrogens is 306 g/mol. The summed E-state index contributed by atoms with van der Waals surface area (Å²) in [6.07, 6.45) is 4.22. The standard InChI is InChI=1S/C12H14ClI/c1-10(3-2-8-13)9-11-4-6-12(14)7-5-11/h3-7H,2,8-9H2,1H3. The zero-order valence-electron chi connectivity index (χ0n) is 8.26. The van der Waals surface area contributed by atoms with E-state index in [4.69, 9.17) is 11.6 Å². The third-order valence-electron chi connectivity index (χ3n) is 2.00. The minimum Gasteiger partial charge on any atom is -0.126 e. The van der Waals surface area contributed by atoms with E-state index in [0.29, 0.717) is 5.88 Å². The molecule has 0 saturated carbocycles. The molecule has 0 bridgehead atoms. The summed E-state index contributed by atoms with van der Waals surface area (Å²) >= 11 is 7.94. The highest BCUT2D eigenvalue weighted by Crippen LogP contribution is 2.11. The Hall–Kier alpha value is -0.0200. The summed E-state index contributed by atoms with van der Waals surface area (Å²) in [6.45, 7) is 2.16. The lowest BCUT2D eigenvalue weighted by Gasteiger charge is -2.01. The maximum Gasteiger partial charge on any atom is 0.0258 e. The lowest BCUT2D eigenvalue weighted by Crippen LogP contribution is -1.87. The topological polar surface area (TPSA) is 0 Å². The molecule has 0 heterocycles. The molecule has 0 aliphatic heterocycles. The molecule has 0 fully saturated rings. The highest BCUT2D eigenvalue weighted by molar-refractivity contribution is 14.1. The van der Waals surface area contributed by atoms with Gasteiger partial charge in [0.05, 0.1) is 0 Å². The number of halogens is 2. The summed E-state index contributed by atoms with van der Waals surface area (Å²) in [5.41, 5.74) is 2.76. The molecule has 0 radical (unpaired) electrons. The van der Waals surface area contributed by atoms with E-state index < -0.39 is 0 Å². The number of alkyl halides is 1. The molecule has 1 aromatic carbocycles.